The van der Waals surface area contributed by atoms with Gasteiger partial charge in [0.25, 0.3) is 0 Å². The molecule has 7 heavy (non-hydrogen) atoms. The Bertz CT molecular complexity index is 43.9. The summed E-state index contributed by atoms with van der Waals surface area (Å²) in [6.45, 7) is 0. The molecule has 0 unspecified atom stereocenters. The maximum Gasteiger partial charge on any atom is 0.0778 e. The summed E-state index contributed by atoms with van der Waals surface area (Å²) in [4.78, 5) is 0. The van der Waals surface area contributed by atoms with E-state index in [4.69, 9.17) is 10.3 Å². The van der Waals surface area contributed by atoms with E-state index in [0.717, 1.165) is 12.2 Å². The number of nitrogens with two attached hydrogens (primary N) is 1. The molecule has 0 saturated heterocycles. The minimum Gasteiger partial charge on any atom is -0.329 e. The lowest BCUT2D eigenvalue weighted by Crippen LogP contribution is -2.14. The lowest BCUT2D eigenvalue weighted by molar-refractivity contribution is 0.644. The highest BCUT2D eigenvalue weighted by molar-refractivity contribution is 7.94. The first kappa shape index (κ1) is 7.62. The van der Waals surface area contributed by atoms with Gasteiger partial charge < -0.3 is 10.3 Å². The third-order valence-corrected chi connectivity index (χ3v) is 1.31. The van der Waals surface area contributed by atoms with Crippen molar-refractivity contribution in [2.45, 2.75) is 11.8 Å². The fourth-order valence-corrected chi connectivity index (χ4v) is 0.856. The Balaban J connectivity index is 2.83. The molecule has 0 amide bonds. The zero-order valence-corrected chi connectivity index (χ0v) is 5.58. The van der Waals surface area contributed by atoms with E-state index in [-0.39, 0.29) is 5.37 Å². The SMILES string of the molecule is N[C@@H](CCS)SO. The molecule has 0 fully saturated rings. The summed E-state index contributed by atoms with van der Waals surface area (Å²) in [5.74, 6) is 0.731. The average molecular weight is 139 g/mol. The van der Waals surface area contributed by atoms with Gasteiger partial charge in [-0.1, -0.05) is 0 Å². The molecule has 4 heteroatoms. The zero-order chi connectivity index (χ0) is 5.70. The largest absolute Gasteiger partial charge is 0.329 e. The maximum atomic E-state index is 8.22. The van der Waals surface area contributed by atoms with Crippen LogP contribution in [0.25, 0.3) is 0 Å². The second kappa shape index (κ2) is 4.77. The molecule has 2 nitrogen and oxygen atoms in total. The highest BCUT2D eigenvalue weighted by Crippen LogP contribution is 2.02. The van der Waals surface area contributed by atoms with E-state index < -0.39 is 0 Å². The molecule has 1 atom stereocenters. The van der Waals surface area contributed by atoms with Gasteiger partial charge in [0.05, 0.1) is 5.37 Å². The summed E-state index contributed by atoms with van der Waals surface area (Å²) in [7, 11) is 0. The molecule has 0 aliphatic carbocycles. The Labute approximate surface area is 53.1 Å². The Kier molecular flexibility index (Phi) is 5.19. The Morgan fingerprint density at radius 3 is 2.57 bits per heavy atom. The molecule has 0 aromatic carbocycles. The quantitative estimate of drug-likeness (QED) is 0.308. The van der Waals surface area contributed by atoms with Crippen molar-refractivity contribution in [1.29, 1.82) is 0 Å². The third-order valence-electron chi connectivity index (χ3n) is 0.549. The van der Waals surface area contributed by atoms with Crippen LogP contribution in [0.4, 0.5) is 0 Å². The van der Waals surface area contributed by atoms with Gasteiger partial charge in [0.1, 0.15) is 0 Å². The topological polar surface area (TPSA) is 46.2 Å². The van der Waals surface area contributed by atoms with Gasteiger partial charge in [-0.15, -0.1) is 0 Å². The highest BCUT2D eigenvalue weighted by Gasteiger charge is 1.95. The molecule has 0 heterocycles. The van der Waals surface area contributed by atoms with E-state index in [2.05, 4.69) is 12.6 Å². The minimum atomic E-state index is -0.155. The van der Waals surface area contributed by atoms with Crippen molar-refractivity contribution in [3.05, 3.63) is 0 Å². The molecule has 0 radical (unpaired) electrons. The number of hydrogen-bond donors (Lipinski definition) is 3. The predicted octanol–water partition coefficient (Wildman–Crippen LogP) is 0.797. The molecule has 0 aliphatic rings. The first-order chi connectivity index (χ1) is 3.31. The molecule has 0 aromatic heterocycles. The van der Waals surface area contributed by atoms with Crippen LogP contribution in [-0.2, 0) is 0 Å². The molecular weight excluding hydrogens is 130 g/mol. The van der Waals surface area contributed by atoms with Crippen molar-refractivity contribution < 1.29 is 4.55 Å². The Morgan fingerprint density at radius 1 is 1.86 bits per heavy atom. The minimum absolute atomic E-state index is 0.155. The van der Waals surface area contributed by atoms with E-state index >= 15 is 0 Å². The number of rotatable bonds is 3. The van der Waals surface area contributed by atoms with Gasteiger partial charge in [-0.05, 0) is 12.2 Å². The summed E-state index contributed by atoms with van der Waals surface area (Å²) in [5, 5.41) is -0.155. The standard InChI is InChI=1S/C3H9NOS2/c4-3(7-5)1-2-6/h3,5-6H,1-2,4H2/t3-/m1/s1. The molecule has 0 spiro atoms. The van der Waals surface area contributed by atoms with E-state index in [9.17, 15) is 0 Å². The van der Waals surface area contributed by atoms with E-state index in [1.54, 1.807) is 0 Å². The molecule has 0 bridgehead atoms. The monoisotopic (exact) mass is 139 g/mol. The third kappa shape index (κ3) is 4.47. The smallest absolute Gasteiger partial charge is 0.0778 e. The molecule has 3 N–H and O–H groups in total. The molecule has 0 aliphatic heterocycles. The zero-order valence-electron chi connectivity index (χ0n) is 3.87. The van der Waals surface area contributed by atoms with Gasteiger partial charge in [-0.2, -0.15) is 12.6 Å². The second-order valence-electron chi connectivity index (χ2n) is 1.16. The van der Waals surface area contributed by atoms with Crippen LogP contribution in [0.1, 0.15) is 6.42 Å². The first-order valence-electron chi connectivity index (χ1n) is 1.98. The van der Waals surface area contributed by atoms with Crippen LogP contribution < -0.4 is 5.73 Å². The summed E-state index contributed by atoms with van der Waals surface area (Å²) < 4.78 is 8.22. The fourth-order valence-electron chi connectivity index (χ4n) is 0.180. The van der Waals surface area contributed by atoms with Gasteiger partial charge in [0.2, 0.25) is 0 Å². The van der Waals surface area contributed by atoms with E-state index in [1.165, 1.54) is 0 Å². The summed E-state index contributed by atoms with van der Waals surface area (Å²) in [6, 6.07) is 0. The van der Waals surface area contributed by atoms with E-state index in [1.807, 2.05) is 0 Å². The van der Waals surface area contributed by atoms with Crippen LogP contribution in [0.3, 0.4) is 0 Å². The molecule has 0 rings (SSSR count). The fraction of sp³-hybridized carbons (Fsp3) is 1.00. The Morgan fingerprint density at radius 2 is 2.43 bits per heavy atom. The van der Waals surface area contributed by atoms with Gasteiger partial charge in [-0.3, -0.25) is 0 Å². The van der Waals surface area contributed by atoms with Crippen molar-refractivity contribution in [1.82, 2.24) is 0 Å². The van der Waals surface area contributed by atoms with E-state index in [0.29, 0.717) is 12.0 Å². The molecular formula is C3H9NOS2. The van der Waals surface area contributed by atoms with Crippen LogP contribution in [0.2, 0.25) is 0 Å². The van der Waals surface area contributed by atoms with Crippen molar-refractivity contribution in [3.8, 4) is 0 Å². The van der Waals surface area contributed by atoms with Crippen LogP contribution in [0.5, 0.6) is 0 Å². The number of thiol groups is 1. The molecule has 0 aromatic rings. The van der Waals surface area contributed by atoms with Crippen molar-refractivity contribution in [2.75, 3.05) is 5.75 Å². The van der Waals surface area contributed by atoms with Crippen LogP contribution in [-0.4, -0.2) is 15.7 Å². The highest BCUT2D eigenvalue weighted by atomic mass is 32.2. The first-order valence-corrected chi connectivity index (χ1v) is 3.45. The van der Waals surface area contributed by atoms with Gasteiger partial charge in [0, 0.05) is 12.0 Å². The van der Waals surface area contributed by atoms with Crippen LogP contribution >= 0.6 is 24.7 Å². The summed E-state index contributed by atoms with van der Waals surface area (Å²) in [5.41, 5.74) is 5.25. The lowest BCUT2D eigenvalue weighted by atomic mass is 10.5. The normalized spacial score (nSPS) is 14.1. The van der Waals surface area contributed by atoms with Crippen molar-refractivity contribution in [2.24, 2.45) is 5.73 Å². The van der Waals surface area contributed by atoms with Crippen molar-refractivity contribution in [3.63, 3.8) is 0 Å². The number of hydrogen-bond acceptors (Lipinski definition) is 4. The Hall–Kier alpha value is 0.620. The van der Waals surface area contributed by atoms with Gasteiger partial charge in [-0.25, -0.2) is 0 Å². The average Bonchev–Trinajstić information content (AvgIpc) is 1.68. The summed E-state index contributed by atoms with van der Waals surface area (Å²) in [6.07, 6.45) is 0.754. The molecule has 44 valence electrons. The second-order valence-corrected chi connectivity index (χ2v) is 2.42. The summed E-state index contributed by atoms with van der Waals surface area (Å²) >= 11 is 4.59. The lowest BCUT2D eigenvalue weighted by Gasteiger charge is -2.00. The van der Waals surface area contributed by atoms with Gasteiger partial charge >= 0.3 is 0 Å². The van der Waals surface area contributed by atoms with Gasteiger partial charge in [0.15, 0.2) is 0 Å². The molecule has 0 saturated carbocycles. The van der Waals surface area contributed by atoms with Crippen LogP contribution in [0, 0.1) is 0 Å². The maximum absolute atomic E-state index is 8.22. The predicted molar refractivity (Wildman–Crippen MR) is 36.7 cm³/mol. The van der Waals surface area contributed by atoms with Crippen LogP contribution in [0.15, 0.2) is 0 Å². The van der Waals surface area contributed by atoms with Crippen molar-refractivity contribution >= 4 is 24.7 Å².